The lowest BCUT2D eigenvalue weighted by Crippen LogP contribution is -2.48. The molecule has 0 spiro atoms. The average molecular weight is 233 g/mol. The Morgan fingerprint density at radius 1 is 1.35 bits per heavy atom. The van der Waals surface area contributed by atoms with Crippen LogP contribution in [0.2, 0.25) is 0 Å². The summed E-state index contributed by atoms with van der Waals surface area (Å²) in [6, 6.07) is 9.99. The van der Waals surface area contributed by atoms with Gasteiger partial charge < -0.3 is 15.5 Å². The zero-order chi connectivity index (χ0) is 12.1. The van der Waals surface area contributed by atoms with Gasteiger partial charge in [-0.1, -0.05) is 18.2 Å². The summed E-state index contributed by atoms with van der Waals surface area (Å²) in [5.41, 5.74) is 0.851. The van der Waals surface area contributed by atoms with Crippen LogP contribution in [0.25, 0.3) is 0 Å². The second-order valence-electron chi connectivity index (χ2n) is 4.37. The molecule has 2 amide bonds. The topological polar surface area (TPSA) is 44.4 Å². The maximum atomic E-state index is 12.0. The lowest BCUT2D eigenvalue weighted by molar-refractivity contribution is 0.187. The molecule has 17 heavy (non-hydrogen) atoms. The number of benzene rings is 1. The summed E-state index contributed by atoms with van der Waals surface area (Å²) in [5.74, 6) is 0. The van der Waals surface area contributed by atoms with Gasteiger partial charge in [0.25, 0.3) is 0 Å². The van der Waals surface area contributed by atoms with Crippen LogP contribution in [-0.4, -0.2) is 37.1 Å². The minimum atomic E-state index is -0.00356. The minimum Gasteiger partial charge on any atom is -0.323 e. The molecule has 1 aromatic rings. The molecule has 0 unspecified atom stereocenters. The molecule has 0 radical (unpaired) electrons. The lowest BCUT2D eigenvalue weighted by Gasteiger charge is -2.32. The molecule has 1 aliphatic heterocycles. The number of urea groups is 1. The number of likely N-dealkylation sites (tertiary alicyclic amines) is 1. The molecule has 2 N–H and O–H groups in total. The van der Waals surface area contributed by atoms with E-state index < -0.39 is 0 Å². The number of piperidine rings is 1. The van der Waals surface area contributed by atoms with Gasteiger partial charge in [0.05, 0.1) is 0 Å². The fraction of sp³-hybridized carbons (Fsp3) is 0.462. The summed E-state index contributed by atoms with van der Waals surface area (Å²) in [6.45, 7) is 1.63. The number of nitrogens with one attached hydrogen (secondary N) is 2. The Bertz CT molecular complexity index is 366. The van der Waals surface area contributed by atoms with Crippen molar-refractivity contribution >= 4 is 11.7 Å². The van der Waals surface area contributed by atoms with Crippen molar-refractivity contribution in [2.75, 3.05) is 25.5 Å². The SMILES string of the molecule is CN[C@@H]1CCCN(C(=O)Nc2ccccc2)C1. The first-order valence-corrected chi connectivity index (χ1v) is 6.08. The number of anilines is 1. The van der Waals surface area contributed by atoms with Crippen molar-refractivity contribution < 1.29 is 4.79 Å². The Hall–Kier alpha value is -1.55. The van der Waals surface area contributed by atoms with Gasteiger partial charge in [0.15, 0.2) is 0 Å². The fourth-order valence-electron chi connectivity index (χ4n) is 2.12. The summed E-state index contributed by atoms with van der Waals surface area (Å²) < 4.78 is 0. The van der Waals surface area contributed by atoms with E-state index in [9.17, 15) is 4.79 Å². The van der Waals surface area contributed by atoms with E-state index in [0.717, 1.165) is 31.6 Å². The van der Waals surface area contributed by atoms with Gasteiger partial charge in [-0.3, -0.25) is 0 Å². The van der Waals surface area contributed by atoms with Crippen molar-refractivity contribution in [3.8, 4) is 0 Å². The highest BCUT2D eigenvalue weighted by molar-refractivity contribution is 5.89. The Morgan fingerprint density at radius 3 is 2.82 bits per heavy atom. The number of para-hydroxylation sites is 1. The number of amides is 2. The molecule has 1 aromatic carbocycles. The Balaban J connectivity index is 1.91. The second-order valence-corrected chi connectivity index (χ2v) is 4.37. The third kappa shape index (κ3) is 3.20. The van der Waals surface area contributed by atoms with Gasteiger partial charge in [-0.25, -0.2) is 4.79 Å². The number of hydrogen-bond donors (Lipinski definition) is 2. The van der Waals surface area contributed by atoms with Gasteiger partial charge in [0.2, 0.25) is 0 Å². The molecule has 4 nitrogen and oxygen atoms in total. The molecule has 1 heterocycles. The summed E-state index contributed by atoms with van der Waals surface area (Å²) in [6.07, 6.45) is 2.21. The van der Waals surface area contributed by atoms with E-state index in [0.29, 0.717) is 6.04 Å². The molecule has 92 valence electrons. The Kier molecular flexibility index (Phi) is 3.98. The first-order chi connectivity index (χ1) is 8.29. The van der Waals surface area contributed by atoms with Crippen LogP contribution in [0, 0.1) is 0 Å². The monoisotopic (exact) mass is 233 g/mol. The van der Waals surface area contributed by atoms with Crippen LogP contribution >= 0.6 is 0 Å². The molecule has 0 aromatic heterocycles. The van der Waals surface area contributed by atoms with Gasteiger partial charge in [0.1, 0.15) is 0 Å². The smallest absolute Gasteiger partial charge is 0.321 e. The van der Waals surface area contributed by atoms with E-state index in [-0.39, 0.29) is 6.03 Å². The molecule has 1 atom stereocenters. The van der Waals surface area contributed by atoms with Crippen molar-refractivity contribution in [3.05, 3.63) is 30.3 Å². The van der Waals surface area contributed by atoms with E-state index in [1.165, 1.54) is 0 Å². The quantitative estimate of drug-likeness (QED) is 0.819. The lowest BCUT2D eigenvalue weighted by atomic mass is 10.1. The maximum absolute atomic E-state index is 12.0. The molecule has 0 aliphatic carbocycles. The molecular formula is C13H19N3O. The first-order valence-electron chi connectivity index (χ1n) is 6.08. The van der Waals surface area contributed by atoms with Crippen LogP contribution in [0.3, 0.4) is 0 Å². The highest BCUT2D eigenvalue weighted by Crippen LogP contribution is 2.12. The second kappa shape index (κ2) is 5.68. The number of hydrogen-bond acceptors (Lipinski definition) is 2. The summed E-state index contributed by atoms with van der Waals surface area (Å²) >= 11 is 0. The number of rotatable bonds is 2. The fourth-order valence-corrected chi connectivity index (χ4v) is 2.12. The minimum absolute atomic E-state index is 0.00356. The highest BCUT2D eigenvalue weighted by atomic mass is 16.2. The van der Waals surface area contributed by atoms with Gasteiger partial charge in [0, 0.05) is 24.8 Å². The predicted molar refractivity (Wildman–Crippen MR) is 69.1 cm³/mol. The summed E-state index contributed by atoms with van der Waals surface area (Å²) in [7, 11) is 1.95. The third-order valence-electron chi connectivity index (χ3n) is 3.14. The van der Waals surface area contributed by atoms with Crippen molar-refractivity contribution in [3.63, 3.8) is 0 Å². The molecule has 1 aliphatic rings. The zero-order valence-electron chi connectivity index (χ0n) is 10.1. The van der Waals surface area contributed by atoms with E-state index >= 15 is 0 Å². The highest BCUT2D eigenvalue weighted by Gasteiger charge is 2.22. The molecule has 1 saturated heterocycles. The van der Waals surface area contributed by atoms with Crippen molar-refractivity contribution in [1.82, 2.24) is 10.2 Å². The van der Waals surface area contributed by atoms with Gasteiger partial charge >= 0.3 is 6.03 Å². The molecule has 2 rings (SSSR count). The molecule has 4 heteroatoms. The number of likely N-dealkylation sites (N-methyl/N-ethyl adjacent to an activating group) is 1. The maximum Gasteiger partial charge on any atom is 0.321 e. The zero-order valence-corrected chi connectivity index (χ0v) is 10.1. The summed E-state index contributed by atoms with van der Waals surface area (Å²) in [4.78, 5) is 13.9. The van der Waals surface area contributed by atoms with Crippen LogP contribution in [0.5, 0.6) is 0 Å². The van der Waals surface area contributed by atoms with Gasteiger partial charge in [-0.15, -0.1) is 0 Å². The van der Waals surface area contributed by atoms with Crippen molar-refractivity contribution in [2.45, 2.75) is 18.9 Å². The van der Waals surface area contributed by atoms with E-state index in [2.05, 4.69) is 10.6 Å². The molecular weight excluding hydrogens is 214 g/mol. The van der Waals surface area contributed by atoms with E-state index in [4.69, 9.17) is 0 Å². The molecule has 0 bridgehead atoms. The normalized spacial score (nSPS) is 20.1. The largest absolute Gasteiger partial charge is 0.323 e. The van der Waals surface area contributed by atoms with Crippen LogP contribution in [0.15, 0.2) is 30.3 Å². The van der Waals surface area contributed by atoms with Crippen molar-refractivity contribution in [1.29, 1.82) is 0 Å². The summed E-state index contributed by atoms with van der Waals surface area (Å²) in [5, 5.41) is 6.15. The predicted octanol–water partition coefficient (Wildman–Crippen LogP) is 1.90. The van der Waals surface area contributed by atoms with E-state index in [1.807, 2.05) is 42.3 Å². The number of nitrogens with zero attached hydrogens (tertiary/aromatic N) is 1. The molecule has 0 saturated carbocycles. The van der Waals surface area contributed by atoms with E-state index in [1.54, 1.807) is 0 Å². The standard InChI is InChI=1S/C13H19N3O/c1-14-12-8-5-9-16(10-12)13(17)15-11-6-3-2-4-7-11/h2-4,6-7,12,14H,5,8-10H2,1H3,(H,15,17)/t12-/m1/s1. The van der Waals surface area contributed by atoms with Crippen molar-refractivity contribution in [2.24, 2.45) is 0 Å². The average Bonchev–Trinajstić information content (AvgIpc) is 2.40. The Labute approximate surface area is 102 Å². The molecule has 1 fully saturated rings. The Morgan fingerprint density at radius 2 is 2.12 bits per heavy atom. The van der Waals surface area contributed by atoms with Crippen LogP contribution < -0.4 is 10.6 Å². The van der Waals surface area contributed by atoms with Crippen LogP contribution in [0.4, 0.5) is 10.5 Å². The van der Waals surface area contributed by atoms with Crippen LogP contribution in [0.1, 0.15) is 12.8 Å². The number of carbonyl (C=O) groups excluding carboxylic acids is 1. The van der Waals surface area contributed by atoms with Gasteiger partial charge in [-0.05, 0) is 32.0 Å². The van der Waals surface area contributed by atoms with Gasteiger partial charge in [-0.2, -0.15) is 0 Å². The first kappa shape index (κ1) is 11.9. The third-order valence-corrected chi connectivity index (χ3v) is 3.14. The number of carbonyl (C=O) groups is 1. The van der Waals surface area contributed by atoms with Crippen LogP contribution in [-0.2, 0) is 0 Å².